The van der Waals surface area contributed by atoms with Crippen LogP contribution in [0.2, 0.25) is 0 Å². The maximum absolute atomic E-state index is 13.6. The van der Waals surface area contributed by atoms with Gasteiger partial charge in [0.15, 0.2) is 11.5 Å². The van der Waals surface area contributed by atoms with Gasteiger partial charge in [-0.15, -0.1) is 0 Å². The Morgan fingerprint density at radius 3 is 1.88 bits per heavy atom. The highest BCUT2D eigenvalue weighted by molar-refractivity contribution is 7.63. The van der Waals surface area contributed by atoms with Crippen LogP contribution < -0.4 is 23.8 Å². The molecule has 0 radical (unpaired) electrons. The molecule has 0 fully saturated rings. The van der Waals surface area contributed by atoms with Gasteiger partial charge in [0.1, 0.15) is 11.5 Å². The normalized spacial score (nSPS) is 12.6. The zero-order valence-electron chi connectivity index (χ0n) is 13.2. The zero-order chi connectivity index (χ0) is 17.1. The lowest BCUT2D eigenvalue weighted by molar-refractivity contribution is 0.174. The van der Waals surface area contributed by atoms with E-state index >= 15 is 0 Å². The maximum Gasteiger partial charge on any atom is 0.462 e. The molecule has 3 aromatic rings. The van der Waals surface area contributed by atoms with Gasteiger partial charge in [-0.3, -0.25) is 0 Å². The Bertz CT molecular complexity index is 866. The molecular weight excluding hydrogens is 339 g/mol. The summed E-state index contributed by atoms with van der Waals surface area (Å²) in [5.41, 5.74) is 0. The number of benzene rings is 3. The molecule has 5 nitrogen and oxygen atoms in total. The van der Waals surface area contributed by atoms with Crippen LogP contribution in [0.3, 0.4) is 0 Å². The molecule has 6 heteroatoms. The number of hydrogen-bond donors (Lipinski definition) is 0. The van der Waals surface area contributed by atoms with Gasteiger partial charge in [-0.25, -0.2) is 4.57 Å². The van der Waals surface area contributed by atoms with E-state index in [1.165, 1.54) is 0 Å². The van der Waals surface area contributed by atoms with Crippen molar-refractivity contribution >= 4 is 12.9 Å². The van der Waals surface area contributed by atoms with Gasteiger partial charge in [0.25, 0.3) is 0 Å². The molecule has 0 spiro atoms. The molecule has 0 atom stereocenters. The summed E-state index contributed by atoms with van der Waals surface area (Å²) in [6.45, 7) is 0.141. The minimum Gasteiger partial charge on any atom is -0.454 e. The highest BCUT2D eigenvalue weighted by Crippen LogP contribution is 2.49. The van der Waals surface area contributed by atoms with E-state index < -0.39 is 7.60 Å². The predicted octanol–water partition coefficient (Wildman–Crippen LogP) is 4.39. The Morgan fingerprint density at radius 2 is 1.28 bits per heavy atom. The van der Waals surface area contributed by atoms with Crippen molar-refractivity contribution in [3.8, 4) is 23.0 Å². The van der Waals surface area contributed by atoms with Crippen LogP contribution in [0.5, 0.6) is 23.0 Å². The van der Waals surface area contributed by atoms with Crippen LogP contribution in [0.4, 0.5) is 0 Å². The van der Waals surface area contributed by atoms with E-state index in [0.29, 0.717) is 28.3 Å². The summed E-state index contributed by atoms with van der Waals surface area (Å²) in [6.07, 6.45) is 0. The van der Waals surface area contributed by atoms with Crippen molar-refractivity contribution in [1.82, 2.24) is 0 Å². The predicted molar refractivity (Wildman–Crippen MR) is 93.9 cm³/mol. The highest BCUT2D eigenvalue weighted by Gasteiger charge is 2.33. The summed E-state index contributed by atoms with van der Waals surface area (Å²) in [6, 6.07) is 22.9. The third-order valence-corrected chi connectivity index (χ3v) is 5.42. The van der Waals surface area contributed by atoms with E-state index in [4.69, 9.17) is 18.5 Å². The molecule has 1 heterocycles. The van der Waals surface area contributed by atoms with Crippen molar-refractivity contribution in [3.05, 3.63) is 78.9 Å². The first kappa shape index (κ1) is 15.6. The first-order valence-corrected chi connectivity index (χ1v) is 9.27. The van der Waals surface area contributed by atoms with E-state index in [-0.39, 0.29) is 6.79 Å². The average Bonchev–Trinajstić information content (AvgIpc) is 3.11. The standard InChI is InChI=1S/C19H15O5P/c20-25(23-15-7-3-1-4-8-15,24-16-9-5-2-6-10-16)17-11-12-18-19(13-17)22-14-21-18/h1-13H,14H2. The molecule has 25 heavy (non-hydrogen) atoms. The van der Waals surface area contributed by atoms with Gasteiger partial charge >= 0.3 is 7.60 Å². The fourth-order valence-corrected chi connectivity index (χ4v) is 4.00. The molecule has 0 amide bonds. The molecule has 1 aliphatic heterocycles. The zero-order valence-corrected chi connectivity index (χ0v) is 14.1. The number of para-hydroxylation sites is 2. The van der Waals surface area contributed by atoms with E-state index in [2.05, 4.69) is 0 Å². The smallest absolute Gasteiger partial charge is 0.454 e. The Hall–Kier alpha value is -2.91. The molecule has 126 valence electrons. The molecule has 0 bridgehead atoms. The molecule has 0 saturated heterocycles. The molecule has 1 aliphatic rings. The number of ether oxygens (including phenoxy) is 2. The lowest BCUT2D eigenvalue weighted by atomic mass is 10.3. The summed E-state index contributed by atoms with van der Waals surface area (Å²) < 4.78 is 35.9. The number of rotatable bonds is 5. The molecular formula is C19H15O5P. The van der Waals surface area contributed by atoms with Crippen LogP contribution in [0.1, 0.15) is 0 Å². The Morgan fingerprint density at radius 1 is 0.720 bits per heavy atom. The molecule has 0 aromatic heterocycles. The minimum atomic E-state index is -3.68. The van der Waals surface area contributed by atoms with Gasteiger partial charge < -0.3 is 18.5 Å². The van der Waals surface area contributed by atoms with Crippen molar-refractivity contribution < 1.29 is 23.1 Å². The van der Waals surface area contributed by atoms with Crippen LogP contribution in [0, 0.1) is 0 Å². The maximum atomic E-state index is 13.6. The topological polar surface area (TPSA) is 54.0 Å². The van der Waals surface area contributed by atoms with Gasteiger partial charge in [0.05, 0.1) is 5.30 Å². The van der Waals surface area contributed by atoms with Gasteiger partial charge in [-0.2, -0.15) is 0 Å². The van der Waals surface area contributed by atoms with Crippen molar-refractivity contribution in [2.75, 3.05) is 6.79 Å². The second-order valence-electron chi connectivity index (χ2n) is 5.34. The average molecular weight is 354 g/mol. The molecule has 4 rings (SSSR count). The molecule has 3 aromatic carbocycles. The lowest BCUT2D eigenvalue weighted by Crippen LogP contribution is -2.14. The molecule has 0 unspecified atom stereocenters. The van der Waals surface area contributed by atoms with Gasteiger partial charge in [-0.1, -0.05) is 36.4 Å². The summed E-state index contributed by atoms with van der Waals surface area (Å²) in [5, 5.41) is 0.393. The number of fused-ring (bicyclic) bond motifs is 1. The molecule has 0 N–H and O–H groups in total. The second kappa shape index (κ2) is 6.54. The van der Waals surface area contributed by atoms with Crippen LogP contribution in [-0.4, -0.2) is 6.79 Å². The van der Waals surface area contributed by atoms with Gasteiger partial charge in [0.2, 0.25) is 6.79 Å². The summed E-state index contributed by atoms with van der Waals surface area (Å²) in [4.78, 5) is 0. The van der Waals surface area contributed by atoms with E-state index in [1.54, 1.807) is 42.5 Å². The van der Waals surface area contributed by atoms with Crippen molar-refractivity contribution in [2.45, 2.75) is 0 Å². The van der Waals surface area contributed by atoms with E-state index in [1.807, 2.05) is 36.4 Å². The number of hydrogen-bond acceptors (Lipinski definition) is 5. The highest BCUT2D eigenvalue weighted by atomic mass is 31.2. The quantitative estimate of drug-likeness (QED) is 0.636. The largest absolute Gasteiger partial charge is 0.462 e. The Kier molecular flexibility index (Phi) is 4.08. The fraction of sp³-hybridized carbons (Fsp3) is 0.0526. The third kappa shape index (κ3) is 3.32. The minimum absolute atomic E-state index is 0.141. The lowest BCUT2D eigenvalue weighted by Gasteiger charge is -2.20. The van der Waals surface area contributed by atoms with Gasteiger partial charge in [0, 0.05) is 6.07 Å². The van der Waals surface area contributed by atoms with Crippen molar-refractivity contribution in [2.24, 2.45) is 0 Å². The summed E-state index contributed by atoms with van der Waals surface area (Å²) in [5.74, 6) is 2.04. The van der Waals surface area contributed by atoms with Crippen LogP contribution in [0.25, 0.3) is 0 Å². The summed E-state index contributed by atoms with van der Waals surface area (Å²) in [7, 11) is -3.68. The van der Waals surface area contributed by atoms with E-state index in [0.717, 1.165) is 0 Å². The van der Waals surface area contributed by atoms with E-state index in [9.17, 15) is 4.57 Å². The van der Waals surface area contributed by atoms with Crippen molar-refractivity contribution in [3.63, 3.8) is 0 Å². The second-order valence-corrected chi connectivity index (χ2v) is 7.22. The monoisotopic (exact) mass is 354 g/mol. The Labute approximate surface area is 145 Å². The SMILES string of the molecule is O=P(Oc1ccccc1)(Oc1ccccc1)c1ccc2c(c1)OCO2. The van der Waals surface area contributed by atoms with Crippen LogP contribution in [-0.2, 0) is 4.57 Å². The third-order valence-electron chi connectivity index (χ3n) is 3.61. The Balaban J connectivity index is 1.73. The van der Waals surface area contributed by atoms with Gasteiger partial charge in [-0.05, 0) is 36.4 Å². The van der Waals surface area contributed by atoms with Crippen molar-refractivity contribution in [1.29, 1.82) is 0 Å². The van der Waals surface area contributed by atoms with Crippen LogP contribution in [0.15, 0.2) is 78.9 Å². The fourth-order valence-electron chi connectivity index (χ4n) is 2.42. The van der Waals surface area contributed by atoms with Crippen LogP contribution >= 0.6 is 7.60 Å². The summed E-state index contributed by atoms with van der Waals surface area (Å²) >= 11 is 0. The molecule has 0 aliphatic carbocycles. The molecule has 0 saturated carbocycles. The first-order valence-electron chi connectivity index (χ1n) is 7.72. The first-order chi connectivity index (χ1) is 12.2.